The third-order valence-corrected chi connectivity index (χ3v) is 5.24. The first-order valence-corrected chi connectivity index (χ1v) is 11.4. The van der Waals surface area contributed by atoms with E-state index in [1.807, 2.05) is 18.2 Å². The highest BCUT2D eigenvalue weighted by Gasteiger charge is 2.14. The number of hydrogen-bond acceptors (Lipinski definition) is 4. The molecule has 0 spiro atoms. The molecule has 2 rings (SSSR count). The van der Waals surface area contributed by atoms with Crippen LogP contribution in [0, 0.1) is 13.8 Å². The van der Waals surface area contributed by atoms with Crippen LogP contribution in [-0.2, 0) is 26.9 Å². The molecule has 1 atom stereocenters. The van der Waals surface area contributed by atoms with Crippen molar-refractivity contribution in [3.8, 4) is 5.75 Å². The summed E-state index contributed by atoms with van der Waals surface area (Å²) < 4.78 is 27.1. The molecule has 0 saturated carbocycles. The fourth-order valence-electron chi connectivity index (χ4n) is 3.26. The van der Waals surface area contributed by atoms with Crippen molar-refractivity contribution in [1.82, 2.24) is 0 Å². The molecule has 0 aliphatic rings. The third kappa shape index (κ3) is 6.46. The first kappa shape index (κ1) is 22.6. The first-order chi connectivity index (χ1) is 13.1. The van der Waals surface area contributed by atoms with Crippen LogP contribution >= 0.6 is 7.60 Å². The van der Waals surface area contributed by atoms with Crippen molar-refractivity contribution in [2.24, 2.45) is 0 Å². The van der Waals surface area contributed by atoms with Crippen molar-refractivity contribution < 1.29 is 23.5 Å². The van der Waals surface area contributed by atoms with Gasteiger partial charge in [-0.25, -0.2) is 0 Å². The fraction of sp³-hybridized carbons (Fsp3) is 0.455. The van der Waals surface area contributed by atoms with Gasteiger partial charge in [-0.1, -0.05) is 38.1 Å². The zero-order valence-electron chi connectivity index (χ0n) is 17.6. The van der Waals surface area contributed by atoms with Gasteiger partial charge in [0.15, 0.2) is 6.79 Å². The smallest absolute Gasteiger partial charge is 0.325 e. The Morgan fingerprint density at radius 3 is 2.25 bits per heavy atom. The Balaban J connectivity index is 2.25. The van der Waals surface area contributed by atoms with E-state index in [0.29, 0.717) is 5.92 Å². The summed E-state index contributed by atoms with van der Waals surface area (Å²) in [7, 11) is -1.86. The van der Waals surface area contributed by atoms with E-state index in [9.17, 15) is 9.46 Å². The summed E-state index contributed by atoms with van der Waals surface area (Å²) in [6, 6.07) is 10.3. The van der Waals surface area contributed by atoms with E-state index >= 15 is 0 Å². The number of benzene rings is 2. The second kappa shape index (κ2) is 9.71. The van der Waals surface area contributed by atoms with Crippen molar-refractivity contribution in [3.05, 3.63) is 63.7 Å². The van der Waals surface area contributed by atoms with Gasteiger partial charge in [0.1, 0.15) is 5.75 Å². The summed E-state index contributed by atoms with van der Waals surface area (Å²) in [4.78, 5) is 9.33. The molecule has 0 aliphatic carbocycles. The van der Waals surface area contributed by atoms with Gasteiger partial charge in [0.25, 0.3) is 0 Å². The van der Waals surface area contributed by atoms with E-state index in [-0.39, 0.29) is 13.4 Å². The van der Waals surface area contributed by atoms with Gasteiger partial charge in [-0.2, -0.15) is 0 Å². The molecule has 1 N–H and O–H groups in total. The summed E-state index contributed by atoms with van der Waals surface area (Å²) in [5.74, 6) is 1.20. The predicted molar refractivity (Wildman–Crippen MR) is 112 cm³/mol. The molecule has 0 bridgehead atoms. The molecule has 28 heavy (non-hydrogen) atoms. The lowest BCUT2D eigenvalue weighted by molar-refractivity contribution is 0.0502. The molecule has 0 heterocycles. The Bertz CT molecular complexity index is 831. The summed E-state index contributed by atoms with van der Waals surface area (Å²) in [5.41, 5.74) is 6.84. The van der Waals surface area contributed by atoms with Crippen LogP contribution in [0.4, 0.5) is 0 Å². The molecule has 0 radical (unpaired) electrons. The van der Waals surface area contributed by atoms with E-state index in [0.717, 1.165) is 34.4 Å². The molecule has 2 aromatic rings. The summed E-state index contributed by atoms with van der Waals surface area (Å²) in [6.07, 6.45) is 0.815. The van der Waals surface area contributed by atoms with Gasteiger partial charge in [-0.05, 0) is 65.6 Å². The van der Waals surface area contributed by atoms with Crippen LogP contribution < -0.4 is 4.74 Å². The maximum absolute atomic E-state index is 11.4. The minimum Gasteiger partial charge on any atom is -0.467 e. The van der Waals surface area contributed by atoms with Gasteiger partial charge >= 0.3 is 7.60 Å². The van der Waals surface area contributed by atoms with Crippen LogP contribution in [0.2, 0.25) is 0 Å². The maximum Gasteiger partial charge on any atom is 0.325 e. The molecule has 154 valence electrons. The minimum absolute atomic E-state index is 0.134. The summed E-state index contributed by atoms with van der Waals surface area (Å²) in [5, 5.41) is 0. The Morgan fingerprint density at radius 2 is 1.71 bits per heavy atom. The van der Waals surface area contributed by atoms with Crippen LogP contribution in [0.15, 0.2) is 30.3 Å². The minimum atomic E-state index is -3.48. The number of ether oxygens (including phenoxy) is 2. The monoisotopic (exact) mass is 406 g/mol. The maximum atomic E-state index is 11.4. The van der Waals surface area contributed by atoms with Crippen LogP contribution in [0.1, 0.15) is 53.1 Å². The SMILES string of the molecule is COCOc1ccc(Cc2c(C)cc(COP(C)(=O)O)cc2C)cc1C(C)C. The van der Waals surface area contributed by atoms with Crippen LogP contribution in [-0.4, -0.2) is 25.5 Å². The Kier molecular flexibility index (Phi) is 7.85. The number of aryl methyl sites for hydroxylation is 2. The number of rotatable bonds is 9. The zero-order valence-corrected chi connectivity index (χ0v) is 18.5. The lowest BCUT2D eigenvalue weighted by Crippen LogP contribution is -2.04. The molecule has 0 aliphatic heterocycles. The first-order valence-electron chi connectivity index (χ1n) is 9.39. The van der Waals surface area contributed by atoms with Gasteiger partial charge < -0.3 is 18.9 Å². The van der Waals surface area contributed by atoms with Crippen molar-refractivity contribution in [3.63, 3.8) is 0 Å². The lowest BCUT2D eigenvalue weighted by Gasteiger charge is -2.17. The topological polar surface area (TPSA) is 65.0 Å². The summed E-state index contributed by atoms with van der Waals surface area (Å²) >= 11 is 0. The van der Waals surface area contributed by atoms with Crippen LogP contribution in [0.5, 0.6) is 5.75 Å². The highest BCUT2D eigenvalue weighted by molar-refractivity contribution is 7.51. The Morgan fingerprint density at radius 1 is 1.07 bits per heavy atom. The quantitative estimate of drug-likeness (QED) is 0.450. The molecule has 0 aromatic heterocycles. The van der Waals surface area contributed by atoms with Crippen molar-refractivity contribution in [1.29, 1.82) is 0 Å². The molecule has 0 amide bonds. The van der Waals surface area contributed by atoms with Gasteiger partial charge in [0.05, 0.1) is 6.61 Å². The largest absolute Gasteiger partial charge is 0.467 e. The molecule has 0 fully saturated rings. The highest BCUT2D eigenvalue weighted by Crippen LogP contribution is 2.38. The second-order valence-corrected chi connectivity index (χ2v) is 9.40. The summed E-state index contributed by atoms with van der Waals surface area (Å²) in [6.45, 7) is 10.0. The standard InChI is InChI=1S/C22H31O5P/c1-15(2)20-11-18(7-8-22(20)26-14-25-5)12-21-16(3)9-19(10-17(21)4)13-27-28(6,23)24/h7-11,15H,12-14H2,1-6H3,(H,23,24). The van der Waals surface area contributed by atoms with Crippen LogP contribution in [0.3, 0.4) is 0 Å². The van der Waals surface area contributed by atoms with Gasteiger partial charge in [0.2, 0.25) is 0 Å². The second-order valence-electron chi connectivity index (χ2n) is 7.54. The number of methoxy groups -OCH3 is 1. The predicted octanol–water partition coefficient (Wildman–Crippen LogP) is 5.33. The van der Waals surface area contributed by atoms with E-state index in [4.69, 9.17) is 14.0 Å². The Labute approximate surface area is 168 Å². The average Bonchev–Trinajstić information content (AvgIpc) is 2.61. The van der Waals surface area contributed by atoms with E-state index in [1.54, 1.807) is 7.11 Å². The molecule has 0 saturated heterocycles. The normalized spacial score (nSPS) is 13.6. The average molecular weight is 406 g/mol. The molecule has 6 heteroatoms. The van der Waals surface area contributed by atoms with Crippen molar-refractivity contribution >= 4 is 7.60 Å². The van der Waals surface area contributed by atoms with E-state index < -0.39 is 7.60 Å². The van der Waals surface area contributed by atoms with Gasteiger partial charge in [-0.3, -0.25) is 4.57 Å². The third-order valence-electron chi connectivity index (χ3n) is 4.64. The van der Waals surface area contributed by atoms with Gasteiger partial charge in [-0.15, -0.1) is 0 Å². The Hall–Kier alpha value is -1.65. The van der Waals surface area contributed by atoms with Crippen molar-refractivity contribution in [2.45, 2.75) is 46.6 Å². The van der Waals surface area contributed by atoms with Crippen molar-refractivity contribution in [2.75, 3.05) is 20.6 Å². The highest BCUT2D eigenvalue weighted by atomic mass is 31.2. The van der Waals surface area contributed by atoms with E-state index in [2.05, 4.69) is 39.8 Å². The fourth-order valence-corrected chi connectivity index (χ4v) is 3.65. The van der Waals surface area contributed by atoms with Gasteiger partial charge in [0, 0.05) is 13.8 Å². The number of hydrogen-bond donors (Lipinski definition) is 1. The lowest BCUT2D eigenvalue weighted by atomic mass is 9.92. The molecular weight excluding hydrogens is 375 g/mol. The molecule has 1 unspecified atom stereocenters. The molecule has 5 nitrogen and oxygen atoms in total. The van der Waals surface area contributed by atoms with Crippen LogP contribution in [0.25, 0.3) is 0 Å². The van der Waals surface area contributed by atoms with E-state index in [1.165, 1.54) is 17.8 Å². The molecule has 2 aromatic carbocycles. The molecular formula is C22H31O5P. The zero-order chi connectivity index (χ0) is 20.9.